The van der Waals surface area contributed by atoms with Crippen LogP contribution in [0.25, 0.3) is 0 Å². The summed E-state index contributed by atoms with van der Waals surface area (Å²) >= 11 is 5.45. The minimum absolute atomic E-state index is 0.749. The van der Waals surface area contributed by atoms with Crippen molar-refractivity contribution in [2.24, 2.45) is 0 Å². The summed E-state index contributed by atoms with van der Waals surface area (Å²) in [6, 6.07) is 2.89. The first kappa shape index (κ1) is 11.6. The van der Waals surface area contributed by atoms with Crippen molar-refractivity contribution < 1.29 is 0 Å². The Labute approximate surface area is 104 Å². The average Bonchev–Trinajstić information content (AvgIpc) is 2.49. The zero-order chi connectivity index (χ0) is 10.7. The lowest BCUT2D eigenvalue weighted by Crippen LogP contribution is -2.56. The van der Waals surface area contributed by atoms with Crippen LogP contribution in [-0.4, -0.2) is 30.6 Å². The van der Waals surface area contributed by atoms with Gasteiger partial charge in [-0.15, -0.1) is 11.3 Å². The van der Waals surface area contributed by atoms with Gasteiger partial charge in [0.05, 0.1) is 0 Å². The zero-order valence-electron chi connectivity index (χ0n) is 9.00. The fourth-order valence-electron chi connectivity index (χ4n) is 1.83. The minimum atomic E-state index is 0.749. The van der Waals surface area contributed by atoms with Gasteiger partial charge in [0.15, 0.2) is 0 Å². The first-order valence-corrected chi connectivity index (χ1v) is 7.15. The van der Waals surface area contributed by atoms with Crippen LogP contribution in [0.15, 0.2) is 15.9 Å². The SMILES string of the molecule is CCCN(Cc1sccc1Br)C1CNC1. The Morgan fingerprint density at radius 2 is 2.40 bits per heavy atom. The molecule has 0 aliphatic carbocycles. The topological polar surface area (TPSA) is 15.3 Å². The maximum absolute atomic E-state index is 3.60. The number of rotatable bonds is 5. The summed E-state index contributed by atoms with van der Waals surface area (Å²) in [5.41, 5.74) is 0. The van der Waals surface area contributed by atoms with Gasteiger partial charge in [0.1, 0.15) is 0 Å². The smallest absolute Gasteiger partial charge is 0.0349 e. The molecule has 0 atom stereocenters. The summed E-state index contributed by atoms with van der Waals surface area (Å²) in [5.74, 6) is 0. The largest absolute Gasteiger partial charge is 0.314 e. The number of halogens is 1. The molecule has 1 fully saturated rings. The highest BCUT2D eigenvalue weighted by Gasteiger charge is 2.24. The van der Waals surface area contributed by atoms with E-state index < -0.39 is 0 Å². The van der Waals surface area contributed by atoms with Crippen molar-refractivity contribution in [3.8, 4) is 0 Å². The molecule has 1 aliphatic rings. The quantitative estimate of drug-likeness (QED) is 0.896. The van der Waals surface area contributed by atoms with Gasteiger partial charge in [-0.05, 0) is 40.3 Å². The van der Waals surface area contributed by atoms with Gasteiger partial charge in [-0.25, -0.2) is 0 Å². The van der Waals surface area contributed by atoms with E-state index in [0.717, 1.165) is 25.7 Å². The summed E-state index contributed by atoms with van der Waals surface area (Å²) in [5, 5.41) is 5.50. The molecular formula is C11H17BrN2S. The molecule has 2 nitrogen and oxygen atoms in total. The molecule has 0 unspecified atom stereocenters. The second-order valence-electron chi connectivity index (χ2n) is 3.97. The van der Waals surface area contributed by atoms with Crippen LogP contribution in [0.5, 0.6) is 0 Å². The van der Waals surface area contributed by atoms with Gasteiger partial charge >= 0.3 is 0 Å². The van der Waals surface area contributed by atoms with Gasteiger partial charge in [0.2, 0.25) is 0 Å². The van der Waals surface area contributed by atoms with E-state index in [1.54, 1.807) is 0 Å². The summed E-state index contributed by atoms with van der Waals surface area (Å²) in [4.78, 5) is 4.04. The lowest BCUT2D eigenvalue weighted by Gasteiger charge is -2.38. The Balaban J connectivity index is 1.96. The Hall–Kier alpha value is 0.1000. The molecular weight excluding hydrogens is 272 g/mol. The predicted molar refractivity (Wildman–Crippen MR) is 69.4 cm³/mol. The summed E-state index contributed by atoms with van der Waals surface area (Å²) < 4.78 is 1.26. The van der Waals surface area contributed by atoms with Gasteiger partial charge in [0, 0.05) is 35.0 Å². The number of hydrogen-bond acceptors (Lipinski definition) is 3. The molecule has 1 N–H and O–H groups in total. The monoisotopic (exact) mass is 288 g/mol. The van der Waals surface area contributed by atoms with Crippen LogP contribution in [0.4, 0.5) is 0 Å². The normalized spacial score (nSPS) is 17.0. The zero-order valence-corrected chi connectivity index (χ0v) is 11.4. The second kappa shape index (κ2) is 5.43. The van der Waals surface area contributed by atoms with E-state index in [1.807, 2.05) is 11.3 Å². The van der Waals surface area contributed by atoms with Crippen LogP contribution in [0.2, 0.25) is 0 Å². The molecule has 1 aliphatic heterocycles. The van der Waals surface area contributed by atoms with E-state index in [4.69, 9.17) is 0 Å². The molecule has 15 heavy (non-hydrogen) atoms. The maximum Gasteiger partial charge on any atom is 0.0349 e. The molecule has 0 radical (unpaired) electrons. The Morgan fingerprint density at radius 1 is 1.60 bits per heavy atom. The fraction of sp³-hybridized carbons (Fsp3) is 0.636. The van der Waals surface area contributed by atoms with E-state index in [1.165, 1.54) is 22.3 Å². The van der Waals surface area contributed by atoms with Crippen LogP contribution in [-0.2, 0) is 6.54 Å². The Kier molecular flexibility index (Phi) is 4.20. The third-order valence-electron chi connectivity index (χ3n) is 2.82. The standard InChI is InChI=1S/C11H17BrN2S/c1-2-4-14(9-6-13-7-9)8-11-10(12)3-5-15-11/h3,5,9,13H,2,4,6-8H2,1H3. The first-order chi connectivity index (χ1) is 7.31. The molecule has 0 spiro atoms. The van der Waals surface area contributed by atoms with E-state index in [2.05, 4.69) is 44.5 Å². The lowest BCUT2D eigenvalue weighted by atomic mass is 10.1. The van der Waals surface area contributed by atoms with Gasteiger partial charge in [-0.2, -0.15) is 0 Å². The summed E-state index contributed by atoms with van der Waals surface area (Å²) in [6.07, 6.45) is 1.24. The number of nitrogens with one attached hydrogen (secondary N) is 1. The third kappa shape index (κ3) is 2.81. The highest BCUT2D eigenvalue weighted by atomic mass is 79.9. The lowest BCUT2D eigenvalue weighted by molar-refractivity contribution is 0.139. The van der Waals surface area contributed by atoms with Crippen molar-refractivity contribution in [2.45, 2.75) is 25.9 Å². The summed E-state index contributed by atoms with van der Waals surface area (Å²) in [6.45, 7) is 6.86. The molecule has 2 rings (SSSR count). The molecule has 0 saturated carbocycles. The van der Waals surface area contributed by atoms with Crippen LogP contribution in [0.1, 0.15) is 18.2 Å². The van der Waals surface area contributed by atoms with Gasteiger partial charge < -0.3 is 5.32 Å². The van der Waals surface area contributed by atoms with Crippen molar-refractivity contribution in [3.63, 3.8) is 0 Å². The molecule has 0 amide bonds. The predicted octanol–water partition coefficient (Wildman–Crippen LogP) is 2.69. The number of thiophene rings is 1. The molecule has 1 saturated heterocycles. The highest BCUT2D eigenvalue weighted by molar-refractivity contribution is 9.10. The van der Waals surface area contributed by atoms with E-state index in [0.29, 0.717) is 0 Å². The van der Waals surface area contributed by atoms with E-state index in [9.17, 15) is 0 Å². The molecule has 2 heterocycles. The highest BCUT2D eigenvalue weighted by Crippen LogP contribution is 2.25. The number of hydrogen-bond donors (Lipinski definition) is 1. The average molecular weight is 289 g/mol. The molecule has 1 aromatic heterocycles. The fourth-order valence-corrected chi connectivity index (χ4v) is 3.33. The van der Waals surface area contributed by atoms with Gasteiger partial charge in [0.25, 0.3) is 0 Å². The van der Waals surface area contributed by atoms with Crippen molar-refractivity contribution in [3.05, 3.63) is 20.8 Å². The Bertz CT molecular complexity index is 309. The molecule has 0 bridgehead atoms. The van der Waals surface area contributed by atoms with Crippen molar-refractivity contribution in [1.29, 1.82) is 0 Å². The third-order valence-corrected chi connectivity index (χ3v) is 4.74. The van der Waals surface area contributed by atoms with Gasteiger partial charge in [-0.3, -0.25) is 4.90 Å². The van der Waals surface area contributed by atoms with Crippen molar-refractivity contribution >= 4 is 27.3 Å². The summed E-state index contributed by atoms with van der Waals surface area (Å²) in [7, 11) is 0. The second-order valence-corrected chi connectivity index (χ2v) is 5.83. The minimum Gasteiger partial charge on any atom is -0.314 e. The van der Waals surface area contributed by atoms with Crippen molar-refractivity contribution in [2.75, 3.05) is 19.6 Å². The van der Waals surface area contributed by atoms with Gasteiger partial charge in [-0.1, -0.05) is 6.92 Å². The molecule has 0 aromatic carbocycles. The Morgan fingerprint density at radius 3 is 2.87 bits per heavy atom. The molecule has 84 valence electrons. The van der Waals surface area contributed by atoms with Crippen LogP contribution >= 0.6 is 27.3 Å². The van der Waals surface area contributed by atoms with E-state index >= 15 is 0 Å². The van der Waals surface area contributed by atoms with Crippen LogP contribution in [0.3, 0.4) is 0 Å². The van der Waals surface area contributed by atoms with Crippen molar-refractivity contribution in [1.82, 2.24) is 10.2 Å². The van der Waals surface area contributed by atoms with Crippen LogP contribution < -0.4 is 5.32 Å². The molecule has 1 aromatic rings. The maximum atomic E-state index is 3.60. The number of nitrogens with zero attached hydrogens (tertiary/aromatic N) is 1. The molecule has 4 heteroatoms. The van der Waals surface area contributed by atoms with Crippen LogP contribution in [0, 0.1) is 0 Å². The first-order valence-electron chi connectivity index (χ1n) is 5.48. The van der Waals surface area contributed by atoms with E-state index in [-0.39, 0.29) is 0 Å².